The van der Waals surface area contributed by atoms with Gasteiger partial charge in [-0.1, -0.05) is 48.5 Å². The van der Waals surface area contributed by atoms with Crippen molar-refractivity contribution < 1.29 is 22.8 Å². The first-order chi connectivity index (χ1) is 16.7. The van der Waals surface area contributed by atoms with Gasteiger partial charge in [-0.25, -0.2) is 4.68 Å². The van der Waals surface area contributed by atoms with Crippen molar-refractivity contribution in [1.29, 1.82) is 0 Å². The Morgan fingerprint density at radius 1 is 0.857 bits per heavy atom. The van der Waals surface area contributed by atoms with Crippen LogP contribution >= 0.6 is 0 Å². The van der Waals surface area contributed by atoms with Crippen molar-refractivity contribution >= 4 is 11.8 Å². The number of amides is 2. The largest absolute Gasteiger partial charge is 0.417 e. The van der Waals surface area contributed by atoms with Crippen molar-refractivity contribution in [3.8, 4) is 16.9 Å². The highest BCUT2D eigenvalue weighted by atomic mass is 19.4. The summed E-state index contributed by atoms with van der Waals surface area (Å²) >= 11 is 0. The van der Waals surface area contributed by atoms with Gasteiger partial charge in [-0.05, 0) is 18.2 Å². The van der Waals surface area contributed by atoms with Crippen LogP contribution in [-0.2, 0) is 17.5 Å². The third-order valence-electron chi connectivity index (χ3n) is 4.97. The van der Waals surface area contributed by atoms with Crippen LogP contribution in [0.25, 0.3) is 16.9 Å². The standard InChI is InChI=1S/C24H18F3N5O3/c25-24(26,27)17-11-12-21(34)31(13-17)15-20(33)28-29-23(35)19-14-32(18-9-5-2-6-10-18)30-22(19)16-7-3-1-4-8-16/h1-14H,15H2,(H,28,33)(H,29,35). The van der Waals surface area contributed by atoms with E-state index in [0.717, 1.165) is 6.07 Å². The molecule has 8 nitrogen and oxygen atoms in total. The van der Waals surface area contributed by atoms with Gasteiger partial charge in [-0.15, -0.1) is 0 Å². The van der Waals surface area contributed by atoms with E-state index >= 15 is 0 Å². The molecule has 2 aromatic heterocycles. The van der Waals surface area contributed by atoms with Gasteiger partial charge in [0.05, 0.1) is 16.8 Å². The van der Waals surface area contributed by atoms with E-state index < -0.39 is 35.7 Å². The molecule has 2 amide bonds. The van der Waals surface area contributed by atoms with Crippen molar-refractivity contribution in [2.24, 2.45) is 0 Å². The van der Waals surface area contributed by atoms with E-state index in [1.807, 2.05) is 24.3 Å². The molecule has 0 saturated carbocycles. The van der Waals surface area contributed by atoms with E-state index in [9.17, 15) is 27.6 Å². The highest BCUT2D eigenvalue weighted by Crippen LogP contribution is 2.28. The quantitative estimate of drug-likeness (QED) is 0.428. The van der Waals surface area contributed by atoms with Crippen molar-refractivity contribution in [3.63, 3.8) is 0 Å². The minimum atomic E-state index is -4.67. The monoisotopic (exact) mass is 481 g/mol. The van der Waals surface area contributed by atoms with Crippen LogP contribution in [0, 0.1) is 0 Å². The maximum atomic E-state index is 12.9. The molecule has 0 fully saturated rings. The Hall–Kier alpha value is -4.67. The van der Waals surface area contributed by atoms with Crippen LogP contribution in [0.15, 0.2) is 90.0 Å². The van der Waals surface area contributed by atoms with Gasteiger partial charge in [0.2, 0.25) is 0 Å². The summed E-state index contributed by atoms with van der Waals surface area (Å²) in [7, 11) is 0. The number of halogens is 3. The number of nitrogens with zero attached hydrogens (tertiary/aromatic N) is 3. The molecule has 0 aliphatic carbocycles. The molecule has 0 unspecified atom stereocenters. The van der Waals surface area contributed by atoms with Crippen LogP contribution in [0.4, 0.5) is 13.2 Å². The Bertz CT molecular complexity index is 1410. The predicted molar refractivity (Wildman–Crippen MR) is 120 cm³/mol. The normalized spacial score (nSPS) is 11.2. The van der Waals surface area contributed by atoms with Gasteiger partial charge in [0.1, 0.15) is 12.2 Å². The number of para-hydroxylation sites is 1. The lowest BCUT2D eigenvalue weighted by Gasteiger charge is -2.11. The van der Waals surface area contributed by atoms with Crippen molar-refractivity contribution in [2.75, 3.05) is 0 Å². The molecule has 35 heavy (non-hydrogen) atoms. The number of hydrogen-bond acceptors (Lipinski definition) is 4. The van der Waals surface area contributed by atoms with Crippen LogP contribution in [0.2, 0.25) is 0 Å². The molecule has 0 radical (unpaired) electrons. The molecule has 0 aliphatic rings. The van der Waals surface area contributed by atoms with Gasteiger partial charge in [0.25, 0.3) is 17.4 Å². The molecule has 4 aromatic rings. The third-order valence-corrected chi connectivity index (χ3v) is 4.97. The van der Waals surface area contributed by atoms with Gasteiger partial charge in [0, 0.05) is 24.0 Å². The van der Waals surface area contributed by atoms with Gasteiger partial charge >= 0.3 is 6.18 Å². The van der Waals surface area contributed by atoms with E-state index in [1.165, 1.54) is 10.9 Å². The van der Waals surface area contributed by atoms with E-state index in [2.05, 4.69) is 16.0 Å². The number of benzene rings is 2. The minimum Gasteiger partial charge on any atom is -0.305 e. The van der Waals surface area contributed by atoms with Gasteiger partial charge in [-0.3, -0.25) is 25.2 Å². The summed E-state index contributed by atoms with van der Waals surface area (Å²) in [6.07, 6.45) is -2.63. The Morgan fingerprint density at radius 2 is 1.51 bits per heavy atom. The average molecular weight is 481 g/mol. The molecule has 178 valence electrons. The van der Waals surface area contributed by atoms with Crippen molar-refractivity contribution in [2.45, 2.75) is 12.7 Å². The number of carbonyl (C=O) groups is 2. The smallest absolute Gasteiger partial charge is 0.305 e. The molecule has 0 atom stereocenters. The lowest BCUT2D eigenvalue weighted by Crippen LogP contribution is -2.44. The van der Waals surface area contributed by atoms with Crippen LogP contribution in [0.1, 0.15) is 15.9 Å². The summed E-state index contributed by atoms with van der Waals surface area (Å²) in [6.45, 7) is -0.724. The number of rotatable bonds is 5. The van der Waals surface area contributed by atoms with Gasteiger partial charge in [-0.2, -0.15) is 18.3 Å². The number of hydrazine groups is 1. The first kappa shape index (κ1) is 23.5. The summed E-state index contributed by atoms with van der Waals surface area (Å²) in [5.74, 6) is -1.59. The van der Waals surface area contributed by atoms with Crippen molar-refractivity contribution in [3.05, 3.63) is 107 Å². The summed E-state index contributed by atoms with van der Waals surface area (Å²) in [5, 5.41) is 4.50. The molecule has 11 heteroatoms. The second-order valence-corrected chi connectivity index (χ2v) is 7.42. The zero-order valence-electron chi connectivity index (χ0n) is 18.0. The predicted octanol–water partition coefficient (Wildman–Crippen LogP) is 3.18. The lowest BCUT2D eigenvalue weighted by atomic mass is 10.1. The highest BCUT2D eigenvalue weighted by Gasteiger charge is 2.31. The molecule has 2 heterocycles. The minimum absolute atomic E-state index is 0.150. The maximum absolute atomic E-state index is 12.9. The number of hydrogen-bond donors (Lipinski definition) is 2. The average Bonchev–Trinajstić information content (AvgIpc) is 3.30. The topological polar surface area (TPSA) is 98.0 Å². The Labute approximate surface area is 196 Å². The second-order valence-electron chi connectivity index (χ2n) is 7.42. The zero-order valence-corrected chi connectivity index (χ0v) is 18.0. The van der Waals surface area contributed by atoms with E-state index in [4.69, 9.17) is 0 Å². The number of carbonyl (C=O) groups excluding carboxylic acids is 2. The second kappa shape index (κ2) is 9.67. The Kier molecular flexibility index (Phi) is 6.49. The molecular formula is C24H18F3N5O3. The zero-order chi connectivity index (χ0) is 25.0. The van der Waals surface area contributed by atoms with Gasteiger partial charge in [0.15, 0.2) is 0 Å². The molecular weight excluding hydrogens is 463 g/mol. The SMILES string of the molecule is O=C(Cn1cc(C(F)(F)F)ccc1=O)NNC(=O)c1cn(-c2ccccc2)nc1-c1ccccc1. The van der Waals surface area contributed by atoms with Crippen LogP contribution in [0.3, 0.4) is 0 Å². The fraction of sp³-hybridized carbons (Fsp3) is 0.0833. The highest BCUT2D eigenvalue weighted by molar-refractivity contribution is 6.00. The number of alkyl halides is 3. The third kappa shape index (κ3) is 5.46. The molecule has 0 spiro atoms. The van der Waals surface area contributed by atoms with E-state index in [0.29, 0.717) is 33.8 Å². The summed E-state index contributed by atoms with van der Waals surface area (Å²) in [5.41, 5.74) is 4.36. The Morgan fingerprint density at radius 3 is 2.17 bits per heavy atom. The molecule has 2 aromatic carbocycles. The van der Waals surface area contributed by atoms with Crippen LogP contribution < -0.4 is 16.4 Å². The summed E-state index contributed by atoms with van der Waals surface area (Å²) in [4.78, 5) is 37.0. The molecule has 0 bridgehead atoms. The first-order valence-corrected chi connectivity index (χ1v) is 10.3. The summed E-state index contributed by atoms with van der Waals surface area (Å²) < 4.78 is 40.8. The van der Waals surface area contributed by atoms with E-state index in [-0.39, 0.29) is 5.56 Å². The van der Waals surface area contributed by atoms with Crippen LogP contribution in [0.5, 0.6) is 0 Å². The number of nitrogens with one attached hydrogen (secondary N) is 2. The van der Waals surface area contributed by atoms with Gasteiger partial charge < -0.3 is 4.57 Å². The van der Waals surface area contributed by atoms with E-state index in [1.54, 1.807) is 36.4 Å². The lowest BCUT2D eigenvalue weighted by molar-refractivity contribution is -0.138. The first-order valence-electron chi connectivity index (χ1n) is 10.3. The number of pyridine rings is 1. The molecule has 0 saturated heterocycles. The fourth-order valence-electron chi connectivity index (χ4n) is 3.27. The van der Waals surface area contributed by atoms with Crippen molar-refractivity contribution in [1.82, 2.24) is 25.2 Å². The summed E-state index contributed by atoms with van der Waals surface area (Å²) in [6, 6.07) is 19.4. The molecule has 2 N–H and O–H groups in total. The maximum Gasteiger partial charge on any atom is 0.417 e. The fourth-order valence-corrected chi connectivity index (χ4v) is 3.27. The Balaban J connectivity index is 1.53. The molecule has 0 aliphatic heterocycles. The molecule has 4 rings (SSSR count). The van der Waals surface area contributed by atoms with Crippen LogP contribution in [-0.4, -0.2) is 26.2 Å². The number of aromatic nitrogens is 3.